The van der Waals surface area contributed by atoms with Gasteiger partial charge in [0, 0.05) is 11.7 Å². The minimum Gasteiger partial charge on any atom is -0.266 e. The molecule has 0 N–H and O–H groups in total. The van der Waals surface area contributed by atoms with Crippen LogP contribution in [0.5, 0.6) is 0 Å². The van der Waals surface area contributed by atoms with Crippen LogP contribution in [0.1, 0.15) is 92.9 Å². The van der Waals surface area contributed by atoms with Gasteiger partial charge in [-0.05, 0) is 66.9 Å². The first kappa shape index (κ1) is 26.3. The summed E-state index contributed by atoms with van der Waals surface area (Å²) in [5.74, 6) is 1.25. The van der Waals surface area contributed by atoms with E-state index in [1.54, 1.807) is 11.8 Å². The van der Waals surface area contributed by atoms with Crippen LogP contribution in [0, 0.1) is 11.3 Å². The van der Waals surface area contributed by atoms with Gasteiger partial charge in [0.2, 0.25) is 0 Å². The van der Waals surface area contributed by atoms with Gasteiger partial charge in [-0.1, -0.05) is 83.5 Å². The van der Waals surface area contributed by atoms with Gasteiger partial charge < -0.3 is 0 Å². The van der Waals surface area contributed by atoms with E-state index < -0.39 is 0 Å². The van der Waals surface area contributed by atoms with Crippen LogP contribution in [0.15, 0.2) is 50.3 Å². The molecule has 0 aliphatic carbocycles. The van der Waals surface area contributed by atoms with E-state index in [4.69, 9.17) is 0 Å². The Labute approximate surface area is 199 Å². The summed E-state index contributed by atoms with van der Waals surface area (Å²) in [6, 6.07) is 0. The fourth-order valence-corrected chi connectivity index (χ4v) is 6.77. The first-order chi connectivity index (χ1) is 14.9. The molecule has 1 amide bonds. The number of hydrogen-bond acceptors (Lipinski definition) is 3. The lowest BCUT2D eigenvalue weighted by Crippen LogP contribution is -2.16. The highest BCUT2D eigenvalue weighted by Crippen LogP contribution is 2.46. The van der Waals surface area contributed by atoms with E-state index in [0.29, 0.717) is 5.41 Å². The molecule has 0 saturated carbocycles. The average molecular weight is 460 g/mol. The number of nitrogens with zero attached hydrogens (tertiary/aromatic N) is 1. The minimum absolute atomic E-state index is 0.0268. The Hall–Kier alpha value is -1.00. The SMILES string of the molecule is C/C=C\C1CSC(CC)=C(/C=C\CC)/C1=C1\SC(CCCC(C)(CC)CCC)=NC1=O. The number of aliphatic imine (C=N–C) groups is 1. The Morgan fingerprint density at radius 1 is 1.19 bits per heavy atom. The van der Waals surface area contributed by atoms with Gasteiger partial charge in [0.25, 0.3) is 5.91 Å². The molecule has 4 heteroatoms. The third kappa shape index (κ3) is 6.99. The normalized spacial score (nSPS) is 24.5. The second kappa shape index (κ2) is 12.9. The summed E-state index contributed by atoms with van der Waals surface area (Å²) in [7, 11) is 0. The van der Waals surface area contributed by atoms with Crippen LogP contribution in [0.3, 0.4) is 0 Å². The van der Waals surface area contributed by atoms with Crippen molar-refractivity contribution in [3.05, 3.63) is 45.3 Å². The van der Waals surface area contributed by atoms with Crippen LogP contribution in [-0.4, -0.2) is 16.7 Å². The third-order valence-electron chi connectivity index (χ3n) is 6.43. The summed E-state index contributed by atoms with van der Waals surface area (Å²) in [4.78, 5) is 19.8. The van der Waals surface area contributed by atoms with Crippen molar-refractivity contribution in [1.82, 2.24) is 0 Å². The first-order valence-corrected chi connectivity index (χ1v) is 13.9. The van der Waals surface area contributed by atoms with Crippen molar-refractivity contribution < 1.29 is 4.79 Å². The van der Waals surface area contributed by atoms with E-state index in [9.17, 15) is 4.79 Å². The molecule has 0 radical (unpaired) electrons. The highest BCUT2D eigenvalue weighted by molar-refractivity contribution is 8.18. The zero-order chi connectivity index (χ0) is 22.9. The molecule has 0 fully saturated rings. The van der Waals surface area contributed by atoms with Gasteiger partial charge in [0.15, 0.2) is 0 Å². The second-order valence-corrected chi connectivity index (χ2v) is 11.1. The molecule has 2 aliphatic heterocycles. The minimum atomic E-state index is -0.0268. The molecule has 2 nitrogen and oxygen atoms in total. The molecule has 0 aromatic rings. The number of allylic oxidation sites excluding steroid dienone is 7. The van der Waals surface area contributed by atoms with E-state index >= 15 is 0 Å². The Bertz CT molecular complexity index is 787. The van der Waals surface area contributed by atoms with Gasteiger partial charge in [-0.25, -0.2) is 4.99 Å². The molecule has 2 rings (SSSR count). The van der Waals surface area contributed by atoms with Crippen LogP contribution in [0.2, 0.25) is 0 Å². The van der Waals surface area contributed by atoms with Crippen molar-refractivity contribution in [1.29, 1.82) is 0 Å². The maximum Gasteiger partial charge on any atom is 0.284 e. The third-order valence-corrected chi connectivity index (χ3v) is 8.94. The van der Waals surface area contributed by atoms with Gasteiger partial charge in [0.1, 0.15) is 0 Å². The number of carbonyl (C=O) groups is 1. The quantitative estimate of drug-likeness (QED) is 0.228. The first-order valence-electron chi connectivity index (χ1n) is 12.1. The summed E-state index contributed by atoms with van der Waals surface area (Å²) >= 11 is 3.59. The highest BCUT2D eigenvalue weighted by atomic mass is 32.2. The van der Waals surface area contributed by atoms with Crippen LogP contribution < -0.4 is 0 Å². The topological polar surface area (TPSA) is 29.4 Å². The molecular formula is C27H41NOS2. The van der Waals surface area contributed by atoms with Gasteiger partial charge in [0.05, 0.1) is 9.95 Å². The maximum atomic E-state index is 13.0. The van der Waals surface area contributed by atoms with Gasteiger partial charge in [-0.2, -0.15) is 0 Å². The van der Waals surface area contributed by atoms with E-state index in [1.165, 1.54) is 41.7 Å². The molecule has 31 heavy (non-hydrogen) atoms. The predicted octanol–water partition coefficient (Wildman–Crippen LogP) is 8.87. The molecule has 2 atom stereocenters. The molecular weight excluding hydrogens is 418 g/mol. The fraction of sp³-hybridized carbons (Fsp3) is 0.630. The zero-order valence-corrected chi connectivity index (χ0v) is 22.1. The molecule has 2 heterocycles. The molecule has 2 aliphatic rings. The molecule has 2 unspecified atom stereocenters. The summed E-state index contributed by atoms with van der Waals surface area (Å²) in [5, 5.41) is 1.01. The second-order valence-electron chi connectivity index (χ2n) is 8.87. The maximum absolute atomic E-state index is 13.0. The molecule has 0 aromatic carbocycles. The van der Waals surface area contributed by atoms with Gasteiger partial charge in [-0.15, -0.1) is 11.8 Å². The van der Waals surface area contributed by atoms with Gasteiger partial charge >= 0.3 is 0 Å². The number of carbonyl (C=O) groups excluding carboxylic acids is 1. The van der Waals surface area contributed by atoms with Crippen molar-refractivity contribution in [2.75, 3.05) is 5.75 Å². The standard InChI is InChI=1S/C27H41NOS2/c1-7-12-15-21-22(10-4)30-19-20(14-8-2)24(21)25-26(29)28-23(31-25)16-13-18-27(6,11-5)17-9-3/h8,12,14-15,20H,7,9-11,13,16-19H2,1-6H3/b14-8-,15-12-,25-24-. The van der Waals surface area contributed by atoms with E-state index in [1.807, 2.05) is 11.8 Å². The van der Waals surface area contributed by atoms with Crippen molar-refractivity contribution in [3.63, 3.8) is 0 Å². The molecule has 0 spiro atoms. The monoisotopic (exact) mass is 459 g/mol. The summed E-state index contributed by atoms with van der Waals surface area (Å²) < 4.78 is 0. The number of thioether (sulfide) groups is 2. The molecule has 0 bridgehead atoms. The molecule has 0 saturated heterocycles. The Balaban J connectivity index is 2.27. The Kier molecular flexibility index (Phi) is 10.9. The lowest BCUT2D eigenvalue weighted by molar-refractivity contribution is -0.113. The van der Waals surface area contributed by atoms with E-state index in [-0.39, 0.29) is 11.8 Å². The Morgan fingerprint density at radius 2 is 1.97 bits per heavy atom. The number of rotatable bonds is 11. The van der Waals surface area contributed by atoms with Crippen LogP contribution in [-0.2, 0) is 4.79 Å². The Morgan fingerprint density at radius 3 is 2.58 bits per heavy atom. The smallest absolute Gasteiger partial charge is 0.266 e. The summed E-state index contributed by atoms with van der Waals surface area (Å²) in [5.41, 5.74) is 2.88. The number of hydrogen-bond donors (Lipinski definition) is 0. The lowest BCUT2D eigenvalue weighted by atomic mass is 9.78. The number of amides is 1. The highest BCUT2D eigenvalue weighted by Gasteiger charge is 2.33. The van der Waals surface area contributed by atoms with Crippen molar-refractivity contribution in [3.8, 4) is 0 Å². The zero-order valence-electron chi connectivity index (χ0n) is 20.4. The summed E-state index contributed by atoms with van der Waals surface area (Å²) in [6.07, 6.45) is 17.8. The van der Waals surface area contributed by atoms with Crippen molar-refractivity contribution in [2.24, 2.45) is 16.3 Å². The van der Waals surface area contributed by atoms with Crippen LogP contribution in [0.25, 0.3) is 0 Å². The molecule has 172 valence electrons. The van der Waals surface area contributed by atoms with Crippen LogP contribution in [0.4, 0.5) is 0 Å². The van der Waals surface area contributed by atoms with Crippen LogP contribution >= 0.6 is 23.5 Å². The average Bonchev–Trinajstić information content (AvgIpc) is 3.12. The largest absolute Gasteiger partial charge is 0.284 e. The molecule has 0 aromatic heterocycles. The fourth-order valence-electron chi connectivity index (χ4n) is 4.46. The van der Waals surface area contributed by atoms with Crippen molar-refractivity contribution >= 4 is 34.5 Å². The van der Waals surface area contributed by atoms with E-state index in [2.05, 4.69) is 70.8 Å². The van der Waals surface area contributed by atoms with E-state index in [0.717, 1.165) is 41.4 Å². The van der Waals surface area contributed by atoms with Gasteiger partial charge in [-0.3, -0.25) is 4.79 Å². The summed E-state index contributed by atoms with van der Waals surface area (Å²) in [6.45, 7) is 13.4. The van der Waals surface area contributed by atoms with Crippen molar-refractivity contribution in [2.45, 2.75) is 92.9 Å². The lowest BCUT2D eigenvalue weighted by Gasteiger charge is -2.28. The predicted molar refractivity (Wildman–Crippen MR) is 142 cm³/mol.